The van der Waals surface area contributed by atoms with Crippen molar-refractivity contribution in [3.8, 4) is 0 Å². The minimum atomic E-state index is -0.474. The fourth-order valence-corrected chi connectivity index (χ4v) is 1.19. The van der Waals surface area contributed by atoms with Crippen LogP contribution in [-0.4, -0.2) is 30.9 Å². The van der Waals surface area contributed by atoms with E-state index in [9.17, 15) is 4.79 Å². The molecule has 0 aliphatic rings. The zero-order valence-corrected chi connectivity index (χ0v) is 12.2. The van der Waals surface area contributed by atoms with E-state index in [0.29, 0.717) is 13.2 Å². The van der Waals surface area contributed by atoms with E-state index >= 15 is 0 Å². The first kappa shape index (κ1) is 16.2. The maximum Gasteiger partial charge on any atom is 0.407 e. The molecule has 1 atom stereocenters. The van der Waals surface area contributed by atoms with Crippen molar-refractivity contribution < 1.29 is 14.3 Å². The van der Waals surface area contributed by atoms with Crippen LogP contribution in [0.4, 0.5) is 4.79 Å². The lowest BCUT2D eigenvalue weighted by Crippen LogP contribution is -2.48. The first-order valence-electron chi connectivity index (χ1n) is 6.13. The molecule has 0 fully saturated rings. The SMILES string of the molecule is CCOCC(NC(=O)OC(C)(C)C)C(C)(C)C. The van der Waals surface area contributed by atoms with Crippen LogP contribution >= 0.6 is 0 Å². The minimum Gasteiger partial charge on any atom is -0.444 e. The molecule has 0 bridgehead atoms. The van der Waals surface area contributed by atoms with Crippen LogP contribution in [0.15, 0.2) is 0 Å². The summed E-state index contributed by atoms with van der Waals surface area (Å²) in [6, 6.07) is -0.0581. The zero-order valence-electron chi connectivity index (χ0n) is 12.2. The molecule has 0 aromatic rings. The van der Waals surface area contributed by atoms with Gasteiger partial charge in [0.15, 0.2) is 0 Å². The van der Waals surface area contributed by atoms with Crippen LogP contribution in [0.2, 0.25) is 0 Å². The lowest BCUT2D eigenvalue weighted by atomic mass is 9.87. The van der Waals surface area contributed by atoms with Crippen LogP contribution in [0.25, 0.3) is 0 Å². The average Bonchev–Trinajstić information content (AvgIpc) is 2.07. The predicted octanol–water partition coefficient (Wildman–Crippen LogP) is 2.96. The molecule has 1 amide bonds. The second kappa shape index (κ2) is 6.24. The molecule has 4 heteroatoms. The zero-order chi connectivity index (χ0) is 13.7. The second-order valence-electron chi connectivity index (χ2n) is 6.22. The lowest BCUT2D eigenvalue weighted by Gasteiger charge is -2.32. The van der Waals surface area contributed by atoms with Gasteiger partial charge in [0.25, 0.3) is 0 Å². The number of carbonyl (C=O) groups is 1. The molecule has 0 spiro atoms. The number of hydrogen-bond acceptors (Lipinski definition) is 3. The van der Waals surface area contributed by atoms with Crippen LogP contribution in [0.5, 0.6) is 0 Å². The molecule has 0 saturated carbocycles. The molecule has 0 heterocycles. The summed E-state index contributed by atoms with van der Waals surface area (Å²) in [5.74, 6) is 0. The molecule has 0 aliphatic carbocycles. The highest BCUT2D eigenvalue weighted by Crippen LogP contribution is 2.20. The van der Waals surface area contributed by atoms with Crippen LogP contribution in [0.3, 0.4) is 0 Å². The van der Waals surface area contributed by atoms with Crippen LogP contribution < -0.4 is 5.32 Å². The van der Waals surface area contributed by atoms with Gasteiger partial charge in [0.2, 0.25) is 0 Å². The van der Waals surface area contributed by atoms with Gasteiger partial charge in [0.05, 0.1) is 12.6 Å². The van der Waals surface area contributed by atoms with Gasteiger partial charge in [0.1, 0.15) is 5.60 Å². The summed E-state index contributed by atoms with van der Waals surface area (Å²) >= 11 is 0. The first-order valence-corrected chi connectivity index (χ1v) is 6.13. The quantitative estimate of drug-likeness (QED) is 0.828. The summed E-state index contributed by atoms with van der Waals surface area (Å²) in [4.78, 5) is 11.7. The third-order valence-corrected chi connectivity index (χ3v) is 2.22. The Hall–Kier alpha value is -0.770. The minimum absolute atomic E-state index is 0.0581. The number of hydrogen-bond donors (Lipinski definition) is 1. The maximum absolute atomic E-state index is 11.7. The molecular weight excluding hydrogens is 218 g/mol. The van der Waals surface area contributed by atoms with Gasteiger partial charge >= 0.3 is 6.09 Å². The molecule has 0 rings (SSSR count). The Morgan fingerprint density at radius 2 is 1.71 bits per heavy atom. The van der Waals surface area contributed by atoms with E-state index < -0.39 is 11.7 Å². The van der Waals surface area contributed by atoms with Crippen molar-refractivity contribution in [2.24, 2.45) is 5.41 Å². The molecule has 0 saturated heterocycles. The van der Waals surface area contributed by atoms with E-state index in [1.165, 1.54) is 0 Å². The highest BCUT2D eigenvalue weighted by molar-refractivity contribution is 5.68. The Morgan fingerprint density at radius 3 is 2.06 bits per heavy atom. The molecule has 17 heavy (non-hydrogen) atoms. The highest BCUT2D eigenvalue weighted by Gasteiger charge is 2.28. The topological polar surface area (TPSA) is 47.6 Å². The van der Waals surface area contributed by atoms with Gasteiger partial charge < -0.3 is 14.8 Å². The standard InChI is InChI=1S/C13H27NO3/c1-8-16-9-10(12(2,3)4)14-11(15)17-13(5,6)7/h10H,8-9H2,1-7H3,(H,14,15). The summed E-state index contributed by atoms with van der Waals surface area (Å²) in [6.07, 6.45) is -0.392. The first-order chi connectivity index (χ1) is 7.56. The van der Waals surface area contributed by atoms with Gasteiger partial charge in [-0.2, -0.15) is 0 Å². The van der Waals surface area contributed by atoms with Crippen molar-refractivity contribution in [3.63, 3.8) is 0 Å². The van der Waals surface area contributed by atoms with E-state index in [4.69, 9.17) is 9.47 Å². The maximum atomic E-state index is 11.7. The van der Waals surface area contributed by atoms with Crippen molar-refractivity contribution in [2.75, 3.05) is 13.2 Å². The molecule has 0 aliphatic heterocycles. The Kier molecular flexibility index (Phi) is 5.96. The molecule has 1 N–H and O–H groups in total. The van der Waals surface area contributed by atoms with E-state index in [-0.39, 0.29) is 11.5 Å². The Bertz CT molecular complexity index is 238. The highest BCUT2D eigenvalue weighted by atomic mass is 16.6. The molecular formula is C13H27NO3. The van der Waals surface area contributed by atoms with Crippen molar-refractivity contribution in [2.45, 2.75) is 60.1 Å². The summed E-state index contributed by atoms with van der Waals surface area (Å²) in [5.41, 5.74) is -0.537. The van der Waals surface area contributed by atoms with Crippen molar-refractivity contribution in [1.29, 1.82) is 0 Å². The number of amides is 1. The van der Waals surface area contributed by atoms with Crippen LogP contribution in [0.1, 0.15) is 48.5 Å². The Balaban J connectivity index is 4.39. The van der Waals surface area contributed by atoms with Gasteiger partial charge in [-0.15, -0.1) is 0 Å². The Labute approximate surface area is 105 Å². The summed E-state index contributed by atoms with van der Waals surface area (Å²) < 4.78 is 10.6. The van der Waals surface area contributed by atoms with Crippen LogP contribution in [-0.2, 0) is 9.47 Å². The summed E-state index contributed by atoms with van der Waals surface area (Å²) in [5, 5.41) is 2.86. The van der Waals surface area contributed by atoms with E-state index in [1.807, 2.05) is 27.7 Å². The third kappa shape index (κ3) is 8.02. The predicted molar refractivity (Wildman–Crippen MR) is 69.1 cm³/mol. The lowest BCUT2D eigenvalue weighted by molar-refractivity contribution is 0.0345. The summed E-state index contributed by atoms with van der Waals surface area (Å²) in [7, 11) is 0. The molecule has 0 aromatic heterocycles. The number of carbonyl (C=O) groups excluding carboxylic acids is 1. The Morgan fingerprint density at radius 1 is 1.18 bits per heavy atom. The number of ether oxygens (including phenoxy) is 2. The monoisotopic (exact) mass is 245 g/mol. The number of nitrogens with one attached hydrogen (secondary N) is 1. The van der Waals surface area contributed by atoms with Gasteiger partial charge in [-0.05, 0) is 33.1 Å². The molecule has 0 aromatic carbocycles. The van der Waals surface area contributed by atoms with Gasteiger partial charge in [-0.1, -0.05) is 20.8 Å². The van der Waals surface area contributed by atoms with E-state index in [0.717, 1.165) is 0 Å². The fraction of sp³-hybridized carbons (Fsp3) is 0.923. The molecule has 0 radical (unpaired) electrons. The van der Waals surface area contributed by atoms with E-state index in [2.05, 4.69) is 26.1 Å². The van der Waals surface area contributed by atoms with Gasteiger partial charge in [-0.3, -0.25) is 0 Å². The smallest absolute Gasteiger partial charge is 0.407 e. The second-order valence-corrected chi connectivity index (χ2v) is 6.22. The fourth-order valence-electron chi connectivity index (χ4n) is 1.19. The molecule has 1 unspecified atom stereocenters. The van der Waals surface area contributed by atoms with Crippen molar-refractivity contribution in [3.05, 3.63) is 0 Å². The van der Waals surface area contributed by atoms with E-state index in [1.54, 1.807) is 0 Å². The van der Waals surface area contributed by atoms with Gasteiger partial charge in [0, 0.05) is 6.61 Å². The molecule has 102 valence electrons. The third-order valence-electron chi connectivity index (χ3n) is 2.22. The number of rotatable bonds is 4. The normalized spacial score (nSPS) is 14.3. The van der Waals surface area contributed by atoms with Crippen molar-refractivity contribution >= 4 is 6.09 Å². The molecule has 4 nitrogen and oxygen atoms in total. The van der Waals surface area contributed by atoms with Gasteiger partial charge in [-0.25, -0.2) is 4.79 Å². The average molecular weight is 245 g/mol. The van der Waals surface area contributed by atoms with Crippen LogP contribution in [0, 0.1) is 5.41 Å². The number of alkyl carbamates (subject to hydrolysis) is 1. The largest absolute Gasteiger partial charge is 0.444 e. The summed E-state index contributed by atoms with van der Waals surface area (Å²) in [6.45, 7) is 14.8. The van der Waals surface area contributed by atoms with Crippen molar-refractivity contribution in [1.82, 2.24) is 5.32 Å².